The quantitative estimate of drug-likeness (QED) is 0.884. The van der Waals surface area contributed by atoms with Gasteiger partial charge >= 0.3 is 0 Å². The Morgan fingerprint density at radius 3 is 2.75 bits per heavy atom. The minimum absolute atomic E-state index is 0.417. The van der Waals surface area contributed by atoms with Gasteiger partial charge in [0.15, 0.2) is 0 Å². The summed E-state index contributed by atoms with van der Waals surface area (Å²) in [5, 5.41) is 0.518. The highest BCUT2D eigenvalue weighted by molar-refractivity contribution is 9.10. The van der Waals surface area contributed by atoms with E-state index in [9.17, 15) is 0 Å². The van der Waals surface area contributed by atoms with E-state index in [2.05, 4.69) is 25.9 Å². The second-order valence-corrected chi connectivity index (χ2v) is 6.17. The Balaban J connectivity index is 1.97. The van der Waals surface area contributed by atoms with Crippen LogP contribution in [-0.4, -0.2) is 9.97 Å². The predicted octanol–water partition coefficient (Wildman–Crippen LogP) is 4.45. The molecule has 0 aliphatic heterocycles. The number of hydrogen-bond acceptors (Lipinski definition) is 4. The van der Waals surface area contributed by atoms with Crippen molar-refractivity contribution in [3.63, 3.8) is 0 Å². The number of benzene rings is 1. The number of aromatic nitrogens is 2. The van der Waals surface area contributed by atoms with Gasteiger partial charge in [0.05, 0.1) is 10.6 Å². The van der Waals surface area contributed by atoms with Gasteiger partial charge in [-0.05, 0) is 38.0 Å². The Morgan fingerprint density at radius 1 is 1.35 bits per heavy atom. The fraction of sp³-hybridized carbons (Fsp3) is 0.286. The average molecular weight is 355 g/mol. The van der Waals surface area contributed by atoms with Gasteiger partial charge in [0, 0.05) is 10.4 Å². The summed E-state index contributed by atoms with van der Waals surface area (Å²) in [5.41, 5.74) is 6.66. The van der Waals surface area contributed by atoms with Gasteiger partial charge in [-0.3, -0.25) is 0 Å². The molecule has 1 heterocycles. The summed E-state index contributed by atoms with van der Waals surface area (Å²) in [6.45, 7) is 1.84. The van der Waals surface area contributed by atoms with Crippen LogP contribution < -0.4 is 10.5 Å². The van der Waals surface area contributed by atoms with E-state index in [0.29, 0.717) is 28.4 Å². The average Bonchev–Trinajstić information content (AvgIpc) is 3.22. The second kappa shape index (κ2) is 5.22. The van der Waals surface area contributed by atoms with Crippen molar-refractivity contribution < 1.29 is 4.74 Å². The maximum atomic E-state index is 6.16. The zero-order valence-corrected chi connectivity index (χ0v) is 13.2. The molecule has 0 amide bonds. The highest BCUT2D eigenvalue weighted by Gasteiger charge is 2.28. The van der Waals surface area contributed by atoms with Crippen molar-refractivity contribution in [2.45, 2.75) is 25.7 Å². The van der Waals surface area contributed by atoms with Crippen LogP contribution in [0.2, 0.25) is 5.02 Å². The Bertz CT molecular complexity index is 674. The molecule has 3 rings (SSSR count). The smallest absolute Gasteiger partial charge is 0.227 e. The molecule has 1 aliphatic rings. The van der Waals surface area contributed by atoms with Crippen LogP contribution in [0.25, 0.3) is 0 Å². The van der Waals surface area contributed by atoms with Crippen molar-refractivity contribution in [2.75, 3.05) is 5.73 Å². The lowest BCUT2D eigenvalue weighted by molar-refractivity contribution is 0.455. The number of anilines is 1. The number of ether oxygens (including phenoxy) is 1. The molecule has 1 aliphatic carbocycles. The third-order valence-corrected chi connectivity index (χ3v) is 3.99. The van der Waals surface area contributed by atoms with Crippen LogP contribution in [0.4, 0.5) is 5.82 Å². The molecule has 0 saturated heterocycles. The van der Waals surface area contributed by atoms with Crippen LogP contribution in [0.1, 0.15) is 30.1 Å². The Kier molecular flexibility index (Phi) is 3.56. The van der Waals surface area contributed by atoms with Crippen molar-refractivity contribution in [1.29, 1.82) is 0 Å². The van der Waals surface area contributed by atoms with Crippen molar-refractivity contribution >= 4 is 33.3 Å². The summed E-state index contributed by atoms with van der Waals surface area (Å²) in [6.07, 6.45) is 2.22. The van der Waals surface area contributed by atoms with Crippen LogP contribution in [0.15, 0.2) is 22.7 Å². The van der Waals surface area contributed by atoms with E-state index in [4.69, 9.17) is 22.1 Å². The molecular formula is C14H13BrClN3O. The number of nitrogens with two attached hydrogens (primary N) is 1. The van der Waals surface area contributed by atoms with Crippen molar-refractivity contribution in [3.8, 4) is 11.6 Å². The topological polar surface area (TPSA) is 61.0 Å². The minimum Gasteiger partial charge on any atom is -0.437 e. The van der Waals surface area contributed by atoms with Crippen molar-refractivity contribution in [3.05, 3.63) is 39.1 Å². The van der Waals surface area contributed by atoms with Gasteiger partial charge in [0.2, 0.25) is 5.88 Å². The molecular weight excluding hydrogens is 342 g/mol. The van der Waals surface area contributed by atoms with Gasteiger partial charge in [-0.1, -0.05) is 27.5 Å². The van der Waals surface area contributed by atoms with E-state index in [1.54, 1.807) is 12.1 Å². The van der Waals surface area contributed by atoms with Crippen LogP contribution in [-0.2, 0) is 0 Å². The molecule has 6 heteroatoms. The Morgan fingerprint density at radius 2 is 2.10 bits per heavy atom. The molecule has 1 fully saturated rings. The molecule has 20 heavy (non-hydrogen) atoms. The highest BCUT2D eigenvalue weighted by atomic mass is 79.9. The number of nitrogen functional groups attached to an aromatic ring is 1. The minimum atomic E-state index is 0.417. The maximum Gasteiger partial charge on any atom is 0.227 e. The Labute approximate surface area is 130 Å². The number of halogens is 2. The van der Waals surface area contributed by atoms with Gasteiger partial charge in [-0.25, -0.2) is 4.98 Å². The van der Waals surface area contributed by atoms with E-state index >= 15 is 0 Å². The first-order chi connectivity index (χ1) is 9.54. The lowest BCUT2D eigenvalue weighted by atomic mass is 10.3. The third-order valence-electron chi connectivity index (χ3n) is 3.20. The normalized spacial score (nSPS) is 14.3. The zero-order chi connectivity index (χ0) is 14.3. The summed E-state index contributed by atoms with van der Waals surface area (Å²) >= 11 is 9.52. The molecule has 0 radical (unpaired) electrons. The fourth-order valence-electron chi connectivity index (χ4n) is 1.82. The first-order valence-corrected chi connectivity index (χ1v) is 7.48. The van der Waals surface area contributed by atoms with E-state index < -0.39 is 0 Å². The van der Waals surface area contributed by atoms with Crippen molar-refractivity contribution in [2.24, 2.45) is 0 Å². The lowest BCUT2D eigenvalue weighted by Gasteiger charge is -2.12. The van der Waals surface area contributed by atoms with E-state index in [1.807, 2.05) is 13.0 Å². The summed E-state index contributed by atoms with van der Waals surface area (Å²) < 4.78 is 6.71. The number of hydrogen-bond donors (Lipinski definition) is 1. The molecule has 0 unspecified atom stereocenters. The van der Waals surface area contributed by atoms with Gasteiger partial charge < -0.3 is 10.5 Å². The largest absolute Gasteiger partial charge is 0.437 e. The summed E-state index contributed by atoms with van der Waals surface area (Å²) in [6, 6.07) is 5.43. The van der Waals surface area contributed by atoms with Gasteiger partial charge in [-0.2, -0.15) is 4.98 Å². The zero-order valence-electron chi connectivity index (χ0n) is 10.9. The van der Waals surface area contributed by atoms with Gasteiger partial charge in [0.25, 0.3) is 0 Å². The summed E-state index contributed by atoms with van der Waals surface area (Å²) in [5.74, 6) is 2.67. The molecule has 0 bridgehead atoms. The van der Waals surface area contributed by atoms with Gasteiger partial charge in [0.1, 0.15) is 17.4 Å². The van der Waals surface area contributed by atoms with E-state index in [-0.39, 0.29) is 0 Å². The SMILES string of the molecule is Cc1c(N)nc(C2CC2)nc1Oc1ccc(Br)cc1Cl. The summed E-state index contributed by atoms with van der Waals surface area (Å²) in [7, 11) is 0. The first-order valence-electron chi connectivity index (χ1n) is 6.31. The van der Waals surface area contributed by atoms with Gasteiger partial charge in [-0.15, -0.1) is 0 Å². The summed E-state index contributed by atoms with van der Waals surface area (Å²) in [4.78, 5) is 8.79. The Hall–Kier alpha value is -1.33. The molecule has 2 aromatic rings. The lowest BCUT2D eigenvalue weighted by Crippen LogP contribution is -2.04. The molecule has 4 nitrogen and oxygen atoms in total. The highest BCUT2D eigenvalue weighted by Crippen LogP contribution is 2.40. The maximum absolute atomic E-state index is 6.16. The number of rotatable bonds is 3. The molecule has 0 atom stereocenters. The molecule has 0 spiro atoms. The van der Waals surface area contributed by atoms with Crippen molar-refractivity contribution in [1.82, 2.24) is 9.97 Å². The molecule has 1 aromatic heterocycles. The standard InChI is InChI=1S/C14H13BrClN3O/c1-7-12(17)18-13(8-2-3-8)19-14(7)20-11-5-4-9(15)6-10(11)16/h4-6,8H,2-3H2,1H3,(H2,17,18,19). The monoisotopic (exact) mass is 353 g/mol. The third kappa shape index (κ3) is 2.74. The fourth-order valence-corrected chi connectivity index (χ4v) is 2.53. The molecule has 1 saturated carbocycles. The van der Waals surface area contributed by atoms with Crippen LogP contribution in [0.5, 0.6) is 11.6 Å². The number of nitrogens with zero attached hydrogens (tertiary/aromatic N) is 2. The van der Waals surface area contributed by atoms with Crippen LogP contribution in [0.3, 0.4) is 0 Å². The molecule has 1 aromatic carbocycles. The molecule has 2 N–H and O–H groups in total. The predicted molar refractivity (Wildman–Crippen MR) is 82.4 cm³/mol. The van der Waals surface area contributed by atoms with E-state index in [1.165, 1.54) is 0 Å². The molecule has 104 valence electrons. The second-order valence-electron chi connectivity index (χ2n) is 4.85. The van der Waals surface area contributed by atoms with Crippen LogP contribution in [0, 0.1) is 6.92 Å². The first kappa shape index (κ1) is 13.6. The van der Waals surface area contributed by atoms with E-state index in [0.717, 1.165) is 28.7 Å². The van der Waals surface area contributed by atoms with Crippen LogP contribution >= 0.6 is 27.5 Å².